The summed E-state index contributed by atoms with van der Waals surface area (Å²) in [5.74, 6) is 0.326. The van der Waals surface area contributed by atoms with Crippen molar-refractivity contribution < 1.29 is 4.79 Å². The fourth-order valence-electron chi connectivity index (χ4n) is 3.52. The van der Waals surface area contributed by atoms with Crippen molar-refractivity contribution in [3.8, 4) is 0 Å². The van der Waals surface area contributed by atoms with Crippen LogP contribution in [0.25, 0.3) is 0 Å². The number of likely N-dealkylation sites (tertiary alicyclic amines) is 1. The molecule has 0 aromatic carbocycles. The van der Waals surface area contributed by atoms with Gasteiger partial charge in [0.05, 0.1) is 17.2 Å². The molecule has 6 heteroatoms. The molecule has 0 bridgehead atoms. The molecule has 0 unspecified atom stereocenters. The topological polar surface area (TPSA) is 39.7 Å². The van der Waals surface area contributed by atoms with Crippen LogP contribution in [0.1, 0.15) is 43.3 Å². The molecule has 0 spiro atoms. The van der Waals surface area contributed by atoms with E-state index in [0.717, 1.165) is 58.7 Å². The average molecular weight is 351 g/mol. The van der Waals surface area contributed by atoms with Gasteiger partial charge in [-0.3, -0.25) is 14.6 Å². The van der Waals surface area contributed by atoms with E-state index in [1.165, 1.54) is 30.0 Å². The number of piperazine rings is 1. The molecule has 0 N–H and O–H groups in total. The van der Waals surface area contributed by atoms with Gasteiger partial charge in [-0.1, -0.05) is 6.92 Å². The molecule has 24 heavy (non-hydrogen) atoms. The Morgan fingerprint density at radius 3 is 2.50 bits per heavy atom. The van der Waals surface area contributed by atoms with Crippen molar-refractivity contribution in [1.82, 2.24) is 19.7 Å². The number of rotatable bonds is 6. The zero-order valence-electron chi connectivity index (χ0n) is 14.9. The first-order valence-corrected chi connectivity index (χ1v) is 10.3. The highest BCUT2D eigenvalue weighted by atomic mass is 32.1. The highest BCUT2D eigenvalue weighted by Crippen LogP contribution is 2.15. The van der Waals surface area contributed by atoms with E-state index in [9.17, 15) is 4.79 Å². The van der Waals surface area contributed by atoms with Crippen LogP contribution in [-0.4, -0.2) is 71.4 Å². The highest BCUT2D eigenvalue weighted by molar-refractivity contribution is 7.09. The normalized spacial score (nSPS) is 20.5. The lowest BCUT2D eigenvalue weighted by Gasteiger charge is -2.35. The van der Waals surface area contributed by atoms with Gasteiger partial charge < -0.3 is 4.90 Å². The van der Waals surface area contributed by atoms with E-state index in [2.05, 4.69) is 27.0 Å². The summed E-state index contributed by atoms with van der Waals surface area (Å²) in [7, 11) is 0. The number of amides is 1. The molecule has 3 heterocycles. The number of aryl methyl sites for hydroxylation is 1. The standard InChI is InChI=1S/C18H30N4OS/c1-2-6-17-19-16(15-24-17)13-20-9-11-21(12-10-20)14-18(23)22-7-4-3-5-8-22/h15H,2-14H2,1H3. The molecular formula is C18H30N4OS. The van der Waals surface area contributed by atoms with Gasteiger partial charge in [-0.05, 0) is 32.1 Å². The fourth-order valence-corrected chi connectivity index (χ4v) is 4.41. The molecule has 2 aliphatic rings. The summed E-state index contributed by atoms with van der Waals surface area (Å²) in [6, 6.07) is 0. The lowest BCUT2D eigenvalue weighted by Crippen LogP contribution is -2.50. The molecule has 2 fully saturated rings. The number of hydrogen-bond acceptors (Lipinski definition) is 5. The third kappa shape index (κ3) is 5.01. The first-order valence-electron chi connectivity index (χ1n) is 9.40. The molecule has 0 atom stereocenters. The predicted molar refractivity (Wildman–Crippen MR) is 98.3 cm³/mol. The third-order valence-corrected chi connectivity index (χ3v) is 5.94. The number of carbonyl (C=O) groups is 1. The van der Waals surface area contributed by atoms with E-state index in [1.807, 2.05) is 0 Å². The van der Waals surface area contributed by atoms with Gasteiger partial charge in [0.15, 0.2) is 0 Å². The highest BCUT2D eigenvalue weighted by Gasteiger charge is 2.23. The first kappa shape index (κ1) is 17.8. The molecule has 3 rings (SSSR count). The molecule has 2 aliphatic heterocycles. The maximum atomic E-state index is 12.4. The van der Waals surface area contributed by atoms with Gasteiger partial charge in [-0.2, -0.15) is 0 Å². The van der Waals surface area contributed by atoms with Gasteiger partial charge in [-0.25, -0.2) is 4.98 Å². The van der Waals surface area contributed by atoms with E-state index in [4.69, 9.17) is 4.98 Å². The maximum absolute atomic E-state index is 12.4. The summed E-state index contributed by atoms with van der Waals surface area (Å²) in [4.78, 5) is 23.9. The number of aromatic nitrogens is 1. The van der Waals surface area contributed by atoms with Crippen LogP contribution in [0.5, 0.6) is 0 Å². The average Bonchev–Trinajstić information content (AvgIpc) is 3.05. The predicted octanol–water partition coefficient (Wildman–Crippen LogP) is 2.23. The van der Waals surface area contributed by atoms with Crippen LogP contribution in [0.15, 0.2) is 5.38 Å². The van der Waals surface area contributed by atoms with Crippen LogP contribution in [0.2, 0.25) is 0 Å². The lowest BCUT2D eigenvalue weighted by molar-refractivity contribution is -0.133. The SMILES string of the molecule is CCCc1nc(CN2CCN(CC(=O)N3CCCCC3)CC2)cs1. The summed E-state index contributed by atoms with van der Waals surface area (Å²) in [5.41, 5.74) is 1.21. The van der Waals surface area contributed by atoms with E-state index in [1.54, 1.807) is 11.3 Å². The zero-order chi connectivity index (χ0) is 16.8. The maximum Gasteiger partial charge on any atom is 0.236 e. The Balaban J connectivity index is 1.39. The molecule has 5 nitrogen and oxygen atoms in total. The van der Waals surface area contributed by atoms with Crippen LogP contribution in [0.3, 0.4) is 0 Å². The summed E-state index contributed by atoms with van der Waals surface area (Å²) in [6.07, 6.45) is 5.88. The van der Waals surface area contributed by atoms with Gasteiger partial charge in [0.1, 0.15) is 0 Å². The van der Waals surface area contributed by atoms with Gasteiger partial charge in [0.2, 0.25) is 5.91 Å². The Morgan fingerprint density at radius 1 is 1.08 bits per heavy atom. The van der Waals surface area contributed by atoms with Gasteiger partial charge >= 0.3 is 0 Å². The van der Waals surface area contributed by atoms with Crippen molar-refractivity contribution in [2.45, 2.75) is 45.6 Å². The van der Waals surface area contributed by atoms with Gasteiger partial charge in [0, 0.05) is 51.2 Å². The Hall–Kier alpha value is -0.980. The zero-order valence-corrected chi connectivity index (χ0v) is 15.7. The summed E-state index contributed by atoms with van der Waals surface area (Å²) < 4.78 is 0. The molecule has 0 aliphatic carbocycles. The van der Waals surface area contributed by atoms with Gasteiger partial charge in [-0.15, -0.1) is 11.3 Å². The van der Waals surface area contributed by atoms with Crippen molar-refractivity contribution >= 4 is 17.2 Å². The summed E-state index contributed by atoms with van der Waals surface area (Å²) in [6.45, 7) is 9.73. The van der Waals surface area contributed by atoms with E-state index < -0.39 is 0 Å². The van der Waals surface area contributed by atoms with Crippen LogP contribution >= 0.6 is 11.3 Å². The minimum absolute atomic E-state index is 0.326. The summed E-state index contributed by atoms with van der Waals surface area (Å²) in [5, 5.41) is 3.47. The Morgan fingerprint density at radius 2 is 1.79 bits per heavy atom. The van der Waals surface area contributed by atoms with Crippen LogP contribution in [-0.2, 0) is 17.8 Å². The molecular weight excluding hydrogens is 320 g/mol. The van der Waals surface area contributed by atoms with E-state index in [0.29, 0.717) is 12.5 Å². The quantitative estimate of drug-likeness (QED) is 0.789. The second-order valence-corrected chi connectivity index (χ2v) is 7.92. The van der Waals surface area contributed by atoms with E-state index >= 15 is 0 Å². The first-order chi connectivity index (χ1) is 11.7. The van der Waals surface area contributed by atoms with E-state index in [-0.39, 0.29) is 0 Å². The third-order valence-electron chi connectivity index (χ3n) is 4.98. The fraction of sp³-hybridized carbons (Fsp3) is 0.778. The van der Waals surface area contributed by atoms with Gasteiger partial charge in [0.25, 0.3) is 0 Å². The van der Waals surface area contributed by atoms with Crippen molar-refractivity contribution in [3.63, 3.8) is 0 Å². The molecule has 134 valence electrons. The molecule has 0 saturated carbocycles. The number of thiazole rings is 1. The number of hydrogen-bond donors (Lipinski definition) is 0. The van der Waals surface area contributed by atoms with Crippen molar-refractivity contribution in [1.29, 1.82) is 0 Å². The lowest BCUT2D eigenvalue weighted by atomic mass is 10.1. The second kappa shape index (κ2) is 8.92. The van der Waals surface area contributed by atoms with Crippen molar-refractivity contribution in [3.05, 3.63) is 16.1 Å². The monoisotopic (exact) mass is 350 g/mol. The number of carbonyl (C=O) groups excluding carboxylic acids is 1. The number of nitrogens with zero attached hydrogens (tertiary/aromatic N) is 4. The minimum Gasteiger partial charge on any atom is -0.342 e. The van der Waals surface area contributed by atoms with Crippen molar-refractivity contribution in [2.75, 3.05) is 45.8 Å². The van der Waals surface area contributed by atoms with Crippen molar-refractivity contribution in [2.24, 2.45) is 0 Å². The summed E-state index contributed by atoms with van der Waals surface area (Å²) >= 11 is 1.79. The Kier molecular flexibility index (Phi) is 6.63. The molecule has 0 radical (unpaired) electrons. The van der Waals surface area contributed by atoms with Crippen LogP contribution in [0.4, 0.5) is 0 Å². The van der Waals surface area contributed by atoms with Crippen LogP contribution in [0, 0.1) is 0 Å². The second-order valence-electron chi connectivity index (χ2n) is 6.98. The molecule has 1 aromatic rings. The number of piperidine rings is 1. The Bertz CT molecular complexity index is 519. The van der Waals surface area contributed by atoms with Crippen LogP contribution < -0.4 is 0 Å². The molecule has 1 amide bonds. The molecule has 2 saturated heterocycles. The minimum atomic E-state index is 0.326. The molecule has 1 aromatic heterocycles. The Labute approximate surface area is 149 Å². The smallest absolute Gasteiger partial charge is 0.236 e. The largest absolute Gasteiger partial charge is 0.342 e.